The van der Waals surface area contributed by atoms with Gasteiger partial charge in [0.2, 0.25) is 0 Å². The number of terminal acetylenes is 1. The molecule has 40 heavy (non-hydrogen) atoms. The Morgan fingerprint density at radius 2 is 1.38 bits per heavy atom. The van der Waals surface area contributed by atoms with Gasteiger partial charge in [-0.25, -0.2) is 4.57 Å². The van der Waals surface area contributed by atoms with Gasteiger partial charge in [0.05, 0.1) is 38.4 Å². The van der Waals surface area contributed by atoms with Crippen molar-refractivity contribution in [2.45, 2.75) is 39.5 Å². The first kappa shape index (κ1) is 25.3. The highest BCUT2D eigenvalue weighted by Crippen LogP contribution is 2.43. The maximum Gasteiger partial charge on any atom is 0.266 e. The van der Waals surface area contributed by atoms with E-state index in [0.717, 1.165) is 21.2 Å². The second kappa shape index (κ2) is 9.06. The molecule has 6 aromatic rings. The van der Waals surface area contributed by atoms with Crippen molar-refractivity contribution in [2.75, 3.05) is 0 Å². The summed E-state index contributed by atoms with van der Waals surface area (Å²) in [6, 6.07) is 19.1. The third kappa shape index (κ3) is 3.39. The number of benzene rings is 4. The van der Waals surface area contributed by atoms with Crippen LogP contribution in [0.2, 0.25) is 0 Å². The lowest BCUT2D eigenvalue weighted by Gasteiger charge is -2.22. The van der Waals surface area contributed by atoms with Crippen LogP contribution in [0, 0.1) is 35.0 Å². The molecule has 0 aliphatic heterocycles. The first-order valence-corrected chi connectivity index (χ1v) is 13.8. The van der Waals surface area contributed by atoms with Crippen LogP contribution in [0.3, 0.4) is 0 Å². The first-order chi connectivity index (χ1) is 19.2. The van der Waals surface area contributed by atoms with E-state index in [2.05, 4.69) is 18.1 Å². The van der Waals surface area contributed by atoms with Gasteiger partial charge in [-0.3, -0.25) is 9.59 Å². The zero-order chi connectivity index (χ0) is 28.5. The lowest BCUT2D eigenvalue weighted by molar-refractivity contribution is 0.792. The average molecular weight is 538 g/mol. The number of hydrogen-bond acceptors (Lipinski definition) is 5. The maximum atomic E-state index is 14.4. The lowest BCUT2D eigenvalue weighted by Crippen LogP contribution is -2.34. The monoisotopic (exact) mass is 537 g/mol. The fraction of sp³-hybridized carbons (Fsp3) is 0.176. The number of fused-ring (bicyclic) bond motifs is 2. The van der Waals surface area contributed by atoms with Crippen LogP contribution in [0.1, 0.15) is 67.3 Å². The van der Waals surface area contributed by atoms with Crippen LogP contribution in [-0.4, -0.2) is 4.57 Å². The minimum Gasteiger partial charge on any atom is -0.268 e. The van der Waals surface area contributed by atoms with Crippen LogP contribution in [-0.2, 0) is 0 Å². The van der Waals surface area contributed by atoms with Gasteiger partial charge in [0.15, 0.2) is 0 Å². The van der Waals surface area contributed by atoms with Gasteiger partial charge in [0.1, 0.15) is 6.07 Å². The molecule has 0 aliphatic carbocycles. The van der Waals surface area contributed by atoms with E-state index in [-0.39, 0.29) is 22.6 Å². The molecule has 2 aromatic heterocycles. The first-order valence-electron chi connectivity index (χ1n) is 13.0. The molecular weight excluding hydrogens is 514 g/mol. The SMILES string of the molecule is C#Cc1ccc2sc3c(C#N)cc4c(=O)n(-c5c(C(C)C)cccc5C(C)C)c(=O)c5cc(C#N)c(c2c1)c3c45. The highest BCUT2D eigenvalue weighted by Gasteiger charge is 2.26. The van der Waals surface area contributed by atoms with Crippen LogP contribution >= 0.6 is 11.3 Å². The number of rotatable bonds is 3. The molecule has 0 unspecified atom stereocenters. The highest BCUT2D eigenvalue weighted by atomic mass is 32.1. The topological polar surface area (TPSA) is 86.7 Å². The van der Waals surface area contributed by atoms with Gasteiger partial charge in [-0.05, 0) is 53.3 Å². The Balaban J connectivity index is 1.94. The molecule has 0 amide bonds. The molecule has 4 aromatic carbocycles. The molecule has 0 bridgehead atoms. The Morgan fingerprint density at radius 1 is 0.775 bits per heavy atom. The predicted octanol–water partition coefficient (Wildman–Crippen LogP) is 7.28. The summed E-state index contributed by atoms with van der Waals surface area (Å²) in [4.78, 5) is 28.7. The molecule has 0 fully saturated rings. The number of nitrogens with zero attached hydrogens (tertiary/aromatic N) is 3. The summed E-state index contributed by atoms with van der Waals surface area (Å²) in [5, 5.41) is 23.5. The molecule has 5 nitrogen and oxygen atoms in total. The fourth-order valence-corrected chi connectivity index (χ4v) is 6.97. The Kier molecular flexibility index (Phi) is 5.74. The lowest BCUT2D eigenvalue weighted by atomic mass is 9.90. The molecule has 0 aliphatic rings. The standard InChI is InChI=1S/C34H23N3O2S/c1-6-19-10-11-27-24(12-19)28-20(15-35)13-25-29-26(14-21(16-36)32(40-27)30(28)29)34(39)37(33(25)38)31-22(17(2)3)8-7-9-23(31)18(4)5/h1,7-14,17-18H,2-5H3. The molecule has 0 N–H and O–H groups in total. The van der Waals surface area contributed by atoms with Crippen molar-refractivity contribution in [1.29, 1.82) is 10.5 Å². The summed E-state index contributed by atoms with van der Waals surface area (Å²) in [5.74, 6) is 2.74. The molecule has 0 radical (unpaired) electrons. The van der Waals surface area contributed by atoms with E-state index in [9.17, 15) is 20.1 Å². The maximum absolute atomic E-state index is 14.4. The second-order valence-corrected chi connectivity index (χ2v) is 11.7. The number of nitriles is 2. The Labute approximate surface area is 234 Å². The summed E-state index contributed by atoms with van der Waals surface area (Å²) in [6.07, 6.45) is 5.68. The van der Waals surface area contributed by atoms with Crippen molar-refractivity contribution in [2.24, 2.45) is 0 Å². The van der Waals surface area contributed by atoms with Gasteiger partial charge in [-0.1, -0.05) is 51.8 Å². The van der Waals surface area contributed by atoms with E-state index < -0.39 is 11.1 Å². The van der Waals surface area contributed by atoms with Crippen molar-refractivity contribution in [1.82, 2.24) is 4.57 Å². The summed E-state index contributed by atoms with van der Waals surface area (Å²) >= 11 is 1.39. The van der Waals surface area contributed by atoms with Crippen LogP contribution in [0.25, 0.3) is 47.4 Å². The van der Waals surface area contributed by atoms with E-state index in [0.29, 0.717) is 43.2 Å². The van der Waals surface area contributed by atoms with Gasteiger partial charge in [-0.2, -0.15) is 10.5 Å². The largest absolute Gasteiger partial charge is 0.268 e. The fourth-order valence-electron chi connectivity index (χ4n) is 5.82. The van der Waals surface area contributed by atoms with E-state index >= 15 is 0 Å². The number of hydrogen-bond donors (Lipinski definition) is 0. The molecule has 6 rings (SSSR count). The third-order valence-corrected chi connectivity index (χ3v) is 8.86. The van der Waals surface area contributed by atoms with Gasteiger partial charge in [0.25, 0.3) is 11.1 Å². The molecule has 0 spiro atoms. The molecular formula is C34H23N3O2S. The van der Waals surface area contributed by atoms with E-state index in [1.165, 1.54) is 15.9 Å². The summed E-state index contributed by atoms with van der Waals surface area (Å²) in [5.41, 5.74) is 2.67. The van der Waals surface area contributed by atoms with Crippen molar-refractivity contribution in [3.8, 4) is 30.2 Å². The van der Waals surface area contributed by atoms with E-state index in [1.807, 2.05) is 64.1 Å². The van der Waals surface area contributed by atoms with Crippen LogP contribution < -0.4 is 11.1 Å². The summed E-state index contributed by atoms with van der Waals surface area (Å²) in [7, 11) is 0. The highest BCUT2D eigenvalue weighted by molar-refractivity contribution is 7.25. The molecule has 192 valence electrons. The summed E-state index contributed by atoms with van der Waals surface area (Å²) in [6.45, 7) is 8.12. The molecule has 0 saturated carbocycles. The van der Waals surface area contributed by atoms with Gasteiger partial charge in [0, 0.05) is 31.8 Å². The molecule has 2 heterocycles. The van der Waals surface area contributed by atoms with Gasteiger partial charge in [-0.15, -0.1) is 17.8 Å². The Morgan fingerprint density at radius 3 is 1.93 bits per heavy atom. The predicted molar refractivity (Wildman–Crippen MR) is 163 cm³/mol. The van der Waals surface area contributed by atoms with Crippen molar-refractivity contribution >= 4 is 53.1 Å². The number of pyridine rings is 1. The van der Waals surface area contributed by atoms with Crippen molar-refractivity contribution < 1.29 is 0 Å². The van der Waals surface area contributed by atoms with E-state index in [1.54, 1.807) is 12.1 Å². The zero-order valence-corrected chi connectivity index (χ0v) is 23.2. The number of aromatic nitrogens is 1. The smallest absolute Gasteiger partial charge is 0.266 e. The van der Waals surface area contributed by atoms with Gasteiger partial charge >= 0.3 is 0 Å². The van der Waals surface area contributed by atoms with Crippen molar-refractivity contribution in [3.63, 3.8) is 0 Å². The van der Waals surface area contributed by atoms with Gasteiger partial charge < -0.3 is 0 Å². The van der Waals surface area contributed by atoms with E-state index in [4.69, 9.17) is 6.42 Å². The van der Waals surface area contributed by atoms with Crippen molar-refractivity contribution in [3.05, 3.63) is 97.1 Å². The minimum absolute atomic E-state index is 0.0497. The second-order valence-electron chi connectivity index (χ2n) is 10.6. The molecule has 0 saturated heterocycles. The number of para-hydroxylation sites is 1. The zero-order valence-electron chi connectivity index (χ0n) is 22.4. The normalized spacial score (nSPS) is 11.6. The molecule has 0 atom stereocenters. The quantitative estimate of drug-likeness (QED) is 0.135. The van der Waals surface area contributed by atoms with Crippen LogP contribution in [0.15, 0.2) is 58.1 Å². The van der Waals surface area contributed by atoms with Crippen LogP contribution in [0.5, 0.6) is 0 Å². The molecule has 6 heteroatoms. The van der Waals surface area contributed by atoms with Crippen LogP contribution in [0.4, 0.5) is 0 Å². The Bertz CT molecular complexity index is 2240. The average Bonchev–Trinajstić information content (AvgIpc) is 2.96. The summed E-state index contributed by atoms with van der Waals surface area (Å²) < 4.78 is 2.74. The third-order valence-electron chi connectivity index (χ3n) is 7.66. The Hall–Kier alpha value is -4.96. The minimum atomic E-state index is -0.473.